The van der Waals surface area contributed by atoms with Gasteiger partial charge in [0.2, 0.25) is 0 Å². The fourth-order valence-electron chi connectivity index (χ4n) is 1.86. The van der Waals surface area contributed by atoms with Crippen molar-refractivity contribution in [1.29, 1.82) is 0 Å². The fraction of sp³-hybridized carbons (Fsp3) is 0.133. The van der Waals surface area contributed by atoms with Crippen molar-refractivity contribution in [3.63, 3.8) is 0 Å². The van der Waals surface area contributed by atoms with Crippen LogP contribution in [0, 0.1) is 0 Å². The van der Waals surface area contributed by atoms with E-state index in [-0.39, 0.29) is 11.9 Å². The number of amides is 1. The molecule has 0 aliphatic rings. The molecule has 0 bridgehead atoms. The topological polar surface area (TPSA) is 55.1 Å². The number of carbonyl (C=O) groups excluding carboxylic acids is 1. The second-order valence-electron chi connectivity index (χ2n) is 4.48. The first-order valence-electron chi connectivity index (χ1n) is 6.08. The number of halogens is 2. The molecule has 0 aliphatic heterocycles. The highest BCUT2D eigenvalue weighted by molar-refractivity contribution is 9.10. The fourth-order valence-corrected chi connectivity index (χ4v) is 2.64. The standard InChI is InChI=1S/C15H14Br2N2O/c1-9(10-3-2-4-11(16)7-10)19-15(20)13-8-12(17)5-6-14(13)18/h2-9H,18H2,1H3,(H,19,20)/t9-/m0/s1. The summed E-state index contributed by atoms with van der Waals surface area (Å²) in [7, 11) is 0. The zero-order valence-corrected chi connectivity index (χ0v) is 14.0. The Balaban J connectivity index is 2.17. The van der Waals surface area contributed by atoms with Gasteiger partial charge in [-0.2, -0.15) is 0 Å². The van der Waals surface area contributed by atoms with E-state index in [4.69, 9.17) is 5.73 Å². The van der Waals surface area contributed by atoms with Crippen LogP contribution in [-0.4, -0.2) is 5.91 Å². The predicted octanol–water partition coefficient (Wildman–Crippen LogP) is 4.28. The first-order chi connectivity index (χ1) is 9.47. The lowest BCUT2D eigenvalue weighted by molar-refractivity contribution is 0.0940. The average Bonchev–Trinajstić information content (AvgIpc) is 2.41. The molecular weight excluding hydrogens is 384 g/mol. The van der Waals surface area contributed by atoms with Gasteiger partial charge in [-0.3, -0.25) is 4.79 Å². The number of nitrogens with two attached hydrogens (primary N) is 1. The monoisotopic (exact) mass is 396 g/mol. The zero-order chi connectivity index (χ0) is 14.7. The van der Waals surface area contributed by atoms with Gasteiger partial charge in [0.15, 0.2) is 0 Å². The summed E-state index contributed by atoms with van der Waals surface area (Å²) < 4.78 is 1.81. The van der Waals surface area contributed by atoms with Gasteiger partial charge in [-0.05, 0) is 42.8 Å². The van der Waals surface area contributed by atoms with Crippen LogP contribution in [0.3, 0.4) is 0 Å². The third-order valence-corrected chi connectivity index (χ3v) is 3.94. The smallest absolute Gasteiger partial charge is 0.253 e. The van der Waals surface area contributed by atoms with Crippen molar-refractivity contribution in [3.8, 4) is 0 Å². The highest BCUT2D eigenvalue weighted by Crippen LogP contribution is 2.21. The maximum atomic E-state index is 12.3. The molecule has 0 radical (unpaired) electrons. The Kier molecular flexibility index (Phi) is 4.83. The molecule has 0 saturated carbocycles. The van der Waals surface area contributed by atoms with E-state index in [2.05, 4.69) is 37.2 Å². The molecule has 0 aromatic heterocycles. The highest BCUT2D eigenvalue weighted by Gasteiger charge is 2.14. The molecule has 1 amide bonds. The molecule has 0 heterocycles. The van der Waals surface area contributed by atoms with Crippen LogP contribution in [0.5, 0.6) is 0 Å². The number of carbonyl (C=O) groups is 1. The van der Waals surface area contributed by atoms with E-state index < -0.39 is 0 Å². The Morgan fingerprint density at radius 3 is 2.55 bits per heavy atom. The number of hydrogen-bond donors (Lipinski definition) is 2. The van der Waals surface area contributed by atoms with Crippen LogP contribution in [0.15, 0.2) is 51.4 Å². The molecule has 2 aromatic rings. The van der Waals surface area contributed by atoms with E-state index in [0.717, 1.165) is 14.5 Å². The first kappa shape index (κ1) is 15.1. The zero-order valence-electron chi connectivity index (χ0n) is 10.9. The van der Waals surface area contributed by atoms with Gasteiger partial charge in [0.05, 0.1) is 11.6 Å². The summed E-state index contributed by atoms with van der Waals surface area (Å²) in [6.07, 6.45) is 0. The van der Waals surface area contributed by atoms with Crippen molar-refractivity contribution in [2.45, 2.75) is 13.0 Å². The summed E-state index contributed by atoms with van der Waals surface area (Å²) in [4.78, 5) is 12.3. The minimum atomic E-state index is -0.184. The quantitative estimate of drug-likeness (QED) is 0.759. The molecule has 0 fully saturated rings. The predicted molar refractivity (Wildman–Crippen MR) is 88.6 cm³/mol. The number of nitrogens with one attached hydrogen (secondary N) is 1. The van der Waals surface area contributed by atoms with Crippen LogP contribution in [0.4, 0.5) is 5.69 Å². The minimum absolute atomic E-state index is 0.0987. The summed E-state index contributed by atoms with van der Waals surface area (Å²) in [5.41, 5.74) is 7.81. The van der Waals surface area contributed by atoms with E-state index >= 15 is 0 Å². The van der Waals surface area contributed by atoms with Crippen LogP contribution in [0.1, 0.15) is 28.9 Å². The molecule has 2 rings (SSSR count). The van der Waals surface area contributed by atoms with Gasteiger partial charge in [-0.1, -0.05) is 44.0 Å². The molecule has 1 atom stereocenters. The molecular formula is C15H14Br2N2O. The molecule has 0 saturated heterocycles. The van der Waals surface area contributed by atoms with E-state index in [1.165, 1.54) is 0 Å². The van der Waals surface area contributed by atoms with Crippen molar-refractivity contribution in [3.05, 3.63) is 62.5 Å². The second kappa shape index (κ2) is 6.41. The SMILES string of the molecule is C[C@H](NC(=O)c1cc(Br)ccc1N)c1cccc(Br)c1. The van der Waals surface area contributed by atoms with Gasteiger partial charge in [0.25, 0.3) is 5.91 Å². The highest BCUT2D eigenvalue weighted by atomic mass is 79.9. The van der Waals surface area contributed by atoms with Crippen LogP contribution in [-0.2, 0) is 0 Å². The summed E-state index contributed by atoms with van der Waals surface area (Å²) in [5, 5.41) is 2.95. The van der Waals surface area contributed by atoms with Crippen LogP contribution >= 0.6 is 31.9 Å². The Morgan fingerprint density at radius 2 is 1.85 bits per heavy atom. The minimum Gasteiger partial charge on any atom is -0.398 e. The van der Waals surface area contributed by atoms with E-state index in [1.54, 1.807) is 12.1 Å². The van der Waals surface area contributed by atoms with Crippen molar-refractivity contribution < 1.29 is 4.79 Å². The molecule has 0 unspecified atom stereocenters. The van der Waals surface area contributed by atoms with Gasteiger partial charge in [0.1, 0.15) is 0 Å². The molecule has 104 valence electrons. The molecule has 0 aliphatic carbocycles. The number of benzene rings is 2. The van der Waals surface area contributed by atoms with Crippen LogP contribution in [0.25, 0.3) is 0 Å². The lowest BCUT2D eigenvalue weighted by Crippen LogP contribution is -2.27. The summed E-state index contributed by atoms with van der Waals surface area (Å²) in [6.45, 7) is 1.94. The Hall–Kier alpha value is -1.33. The molecule has 0 spiro atoms. The Morgan fingerprint density at radius 1 is 1.15 bits per heavy atom. The van der Waals surface area contributed by atoms with Gasteiger partial charge < -0.3 is 11.1 Å². The molecule has 3 nitrogen and oxygen atoms in total. The van der Waals surface area contributed by atoms with Crippen molar-refractivity contribution in [2.24, 2.45) is 0 Å². The van der Waals surface area contributed by atoms with Crippen LogP contribution in [0.2, 0.25) is 0 Å². The number of anilines is 1. The third-order valence-electron chi connectivity index (χ3n) is 2.96. The van der Waals surface area contributed by atoms with Crippen molar-refractivity contribution in [1.82, 2.24) is 5.32 Å². The first-order valence-corrected chi connectivity index (χ1v) is 7.67. The maximum Gasteiger partial charge on any atom is 0.253 e. The molecule has 5 heteroatoms. The van der Waals surface area contributed by atoms with Crippen molar-refractivity contribution in [2.75, 3.05) is 5.73 Å². The average molecular weight is 398 g/mol. The van der Waals surface area contributed by atoms with Crippen LogP contribution < -0.4 is 11.1 Å². The lowest BCUT2D eigenvalue weighted by atomic mass is 10.1. The van der Waals surface area contributed by atoms with E-state index in [9.17, 15) is 4.79 Å². The molecule has 3 N–H and O–H groups in total. The summed E-state index contributed by atoms with van der Waals surface area (Å²) in [6, 6.07) is 13.0. The summed E-state index contributed by atoms with van der Waals surface area (Å²) in [5.74, 6) is -0.184. The Bertz CT molecular complexity index is 644. The molecule has 2 aromatic carbocycles. The third kappa shape index (κ3) is 3.61. The van der Waals surface area contributed by atoms with Gasteiger partial charge >= 0.3 is 0 Å². The number of rotatable bonds is 3. The van der Waals surface area contributed by atoms with E-state index in [0.29, 0.717) is 11.3 Å². The Labute approximate surface area is 134 Å². The van der Waals surface area contributed by atoms with E-state index in [1.807, 2.05) is 37.3 Å². The summed E-state index contributed by atoms with van der Waals surface area (Å²) >= 11 is 6.77. The largest absolute Gasteiger partial charge is 0.398 e. The number of nitrogen functional groups attached to an aromatic ring is 1. The van der Waals surface area contributed by atoms with Gasteiger partial charge in [-0.25, -0.2) is 0 Å². The lowest BCUT2D eigenvalue weighted by Gasteiger charge is -2.15. The normalized spacial score (nSPS) is 11.9. The van der Waals surface area contributed by atoms with Gasteiger partial charge in [0, 0.05) is 14.6 Å². The van der Waals surface area contributed by atoms with Gasteiger partial charge in [-0.15, -0.1) is 0 Å². The second-order valence-corrected chi connectivity index (χ2v) is 6.31. The molecule has 20 heavy (non-hydrogen) atoms. The number of hydrogen-bond acceptors (Lipinski definition) is 2. The maximum absolute atomic E-state index is 12.3. The van der Waals surface area contributed by atoms with Crippen molar-refractivity contribution >= 4 is 43.5 Å².